The molecule has 0 atom stereocenters. The fraction of sp³-hybridized carbons (Fsp3) is 0.538. The molecule has 0 aliphatic rings. The van der Waals surface area contributed by atoms with Crippen LogP contribution in [0.5, 0.6) is 0 Å². The maximum atomic E-state index is 8.79. The van der Waals surface area contributed by atoms with E-state index in [1.807, 2.05) is 0 Å². The predicted octanol–water partition coefficient (Wildman–Crippen LogP) is 2.95. The van der Waals surface area contributed by atoms with E-state index in [9.17, 15) is 0 Å². The summed E-state index contributed by atoms with van der Waals surface area (Å²) in [5.74, 6) is 0. The van der Waals surface area contributed by atoms with Crippen LogP contribution in [0.3, 0.4) is 0 Å². The monoisotopic (exact) mass is 192 g/mol. The molecule has 0 aliphatic heterocycles. The van der Waals surface area contributed by atoms with Gasteiger partial charge in [-0.15, -0.1) is 0 Å². The molecule has 0 saturated carbocycles. The molecule has 0 bridgehead atoms. The van der Waals surface area contributed by atoms with Crippen LogP contribution in [0, 0.1) is 0 Å². The van der Waals surface area contributed by atoms with Crippen LogP contribution in [0.2, 0.25) is 0 Å². The van der Waals surface area contributed by atoms with Gasteiger partial charge >= 0.3 is 0 Å². The van der Waals surface area contributed by atoms with Gasteiger partial charge in [0.15, 0.2) is 0 Å². The van der Waals surface area contributed by atoms with Gasteiger partial charge in [0.25, 0.3) is 0 Å². The van der Waals surface area contributed by atoms with Crippen LogP contribution in [0.25, 0.3) is 0 Å². The van der Waals surface area contributed by atoms with Crippen molar-refractivity contribution in [2.45, 2.75) is 39.0 Å². The first-order chi connectivity index (χ1) is 6.88. The molecule has 0 unspecified atom stereocenters. The molecule has 0 fully saturated rings. The number of unbranched alkanes of at least 4 members (excludes halogenated alkanes) is 1. The second kappa shape index (κ2) is 6.61. The lowest BCUT2D eigenvalue weighted by molar-refractivity contribution is 0.288. The third-order valence-electron chi connectivity index (χ3n) is 2.52. The molecule has 1 heteroatoms. The van der Waals surface area contributed by atoms with Gasteiger partial charge in [0.05, 0.1) is 0 Å². The zero-order chi connectivity index (χ0) is 10.2. The zero-order valence-corrected chi connectivity index (χ0v) is 9.00. The first-order valence-corrected chi connectivity index (χ1v) is 5.56. The first-order valence-electron chi connectivity index (χ1n) is 5.56. The van der Waals surface area contributed by atoms with Crippen LogP contribution >= 0.6 is 0 Å². The van der Waals surface area contributed by atoms with E-state index in [1.54, 1.807) is 0 Å². The Morgan fingerprint density at radius 3 is 2.07 bits per heavy atom. The summed E-state index contributed by atoms with van der Waals surface area (Å²) in [4.78, 5) is 0. The second-order valence-corrected chi connectivity index (χ2v) is 3.70. The van der Waals surface area contributed by atoms with Crippen LogP contribution in [-0.4, -0.2) is 11.7 Å². The molecular weight excluding hydrogens is 172 g/mol. The van der Waals surface area contributed by atoms with Gasteiger partial charge in [0.2, 0.25) is 0 Å². The van der Waals surface area contributed by atoms with Crippen molar-refractivity contribution in [1.82, 2.24) is 0 Å². The van der Waals surface area contributed by atoms with Crippen molar-refractivity contribution in [1.29, 1.82) is 0 Å². The van der Waals surface area contributed by atoms with E-state index in [1.165, 1.54) is 30.4 Å². The van der Waals surface area contributed by atoms with Gasteiger partial charge in [-0.3, -0.25) is 0 Å². The average molecular weight is 192 g/mol. The molecule has 1 nitrogen and oxygen atoms in total. The fourth-order valence-electron chi connectivity index (χ4n) is 1.68. The van der Waals surface area contributed by atoms with Crippen LogP contribution in [-0.2, 0) is 12.8 Å². The Balaban J connectivity index is 2.60. The summed E-state index contributed by atoms with van der Waals surface area (Å²) in [5, 5.41) is 8.79. The van der Waals surface area contributed by atoms with Gasteiger partial charge in [-0.25, -0.2) is 0 Å². The molecule has 0 heterocycles. The Labute approximate surface area is 86.8 Å². The lowest BCUT2D eigenvalue weighted by Crippen LogP contribution is -1.96. The van der Waals surface area contributed by atoms with Crippen molar-refractivity contribution in [3.05, 3.63) is 35.4 Å². The van der Waals surface area contributed by atoms with Gasteiger partial charge in [-0.05, 0) is 36.8 Å². The van der Waals surface area contributed by atoms with Gasteiger partial charge in [-0.1, -0.05) is 37.6 Å². The maximum Gasteiger partial charge on any atom is 0.0434 e. The second-order valence-electron chi connectivity index (χ2n) is 3.70. The largest absolute Gasteiger partial charge is 0.396 e. The van der Waals surface area contributed by atoms with Gasteiger partial charge in [-0.2, -0.15) is 0 Å². The van der Waals surface area contributed by atoms with E-state index < -0.39 is 0 Å². The number of rotatable bonds is 6. The predicted molar refractivity (Wildman–Crippen MR) is 60.5 cm³/mol. The fourth-order valence-corrected chi connectivity index (χ4v) is 1.68. The Morgan fingerprint density at radius 1 is 1.00 bits per heavy atom. The first kappa shape index (κ1) is 11.3. The van der Waals surface area contributed by atoms with Gasteiger partial charge in [0.1, 0.15) is 0 Å². The highest BCUT2D eigenvalue weighted by Crippen LogP contribution is 2.13. The minimum Gasteiger partial charge on any atom is -0.396 e. The molecule has 1 N–H and O–H groups in total. The normalized spacial score (nSPS) is 10.4. The third-order valence-corrected chi connectivity index (χ3v) is 2.52. The van der Waals surface area contributed by atoms with Crippen LogP contribution in [0.1, 0.15) is 37.3 Å². The Morgan fingerprint density at radius 2 is 1.57 bits per heavy atom. The highest BCUT2D eigenvalue weighted by atomic mass is 16.2. The molecule has 1 rings (SSSR count). The SMILES string of the molecule is CCCCc1ccccc1CCCO. The van der Waals surface area contributed by atoms with Crippen molar-refractivity contribution in [2.75, 3.05) is 6.61 Å². The molecule has 1 aromatic carbocycles. The molecule has 0 amide bonds. The molecule has 78 valence electrons. The van der Waals surface area contributed by atoms with E-state index in [4.69, 9.17) is 5.11 Å². The smallest absolute Gasteiger partial charge is 0.0434 e. The maximum absolute atomic E-state index is 8.79. The summed E-state index contributed by atoms with van der Waals surface area (Å²) >= 11 is 0. The molecule has 14 heavy (non-hydrogen) atoms. The van der Waals surface area contributed by atoms with E-state index in [0.717, 1.165) is 12.8 Å². The molecular formula is C13H20O. The summed E-state index contributed by atoms with van der Waals surface area (Å²) < 4.78 is 0. The quantitative estimate of drug-likeness (QED) is 0.734. The van der Waals surface area contributed by atoms with Crippen molar-refractivity contribution >= 4 is 0 Å². The van der Waals surface area contributed by atoms with E-state index in [0.29, 0.717) is 6.61 Å². The number of aliphatic hydroxyl groups is 1. The Hall–Kier alpha value is -0.820. The molecule has 0 aromatic heterocycles. The standard InChI is InChI=1S/C13H20O/c1-2-3-7-12-8-4-5-9-13(12)10-6-11-14/h4-5,8-9,14H,2-3,6-7,10-11H2,1H3. The molecule has 0 radical (unpaired) electrons. The van der Waals surface area contributed by atoms with Crippen LogP contribution in [0.4, 0.5) is 0 Å². The van der Waals surface area contributed by atoms with Crippen molar-refractivity contribution in [2.24, 2.45) is 0 Å². The number of benzene rings is 1. The minimum atomic E-state index is 0.294. The molecule has 1 aromatic rings. The number of hydrogen-bond acceptors (Lipinski definition) is 1. The summed E-state index contributed by atoms with van der Waals surface area (Å²) in [5.41, 5.74) is 2.87. The van der Waals surface area contributed by atoms with E-state index in [2.05, 4.69) is 31.2 Å². The lowest BCUT2D eigenvalue weighted by atomic mass is 9.99. The molecule has 0 spiro atoms. The van der Waals surface area contributed by atoms with Crippen molar-refractivity contribution < 1.29 is 5.11 Å². The number of hydrogen-bond donors (Lipinski definition) is 1. The van der Waals surface area contributed by atoms with Crippen LogP contribution in [0.15, 0.2) is 24.3 Å². The topological polar surface area (TPSA) is 20.2 Å². The highest BCUT2D eigenvalue weighted by molar-refractivity contribution is 5.27. The van der Waals surface area contributed by atoms with Crippen LogP contribution < -0.4 is 0 Å². The summed E-state index contributed by atoms with van der Waals surface area (Å²) in [6.07, 6.45) is 5.57. The molecule has 0 saturated heterocycles. The summed E-state index contributed by atoms with van der Waals surface area (Å²) in [7, 11) is 0. The van der Waals surface area contributed by atoms with Crippen molar-refractivity contribution in [3.63, 3.8) is 0 Å². The van der Waals surface area contributed by atoms with Gasteiger partial charge < -0.3 is 5.11 Å². The third kappa shape index (κ3) is 3.51. The Bertz CT molecular complexity index is 228. The van der Waals surface area contributed by atoms with Gasteiger partial charge in [0, 0.05) is 6.61 Å². The zero-order valence-electron chi connectivity index (χ0n) is 9.00. The number of aryl methyl sites for hydroxylation is 2. The summed E-state index contributed by atoms with van der Waals surface area (Å²) in [6, 6.07) is 8.58. The minimum absolute atomic E-state index is 0.294. The average Bonchev–Trinajstić information content (AvgIpc) is 2.24. The lowest BCUT2D eigenvalue weighted by Gasteiger charge is -2.07. The van der Waals surface area contributed by atoms with E-state index in [-0.39, 0.29) is 0 Å². The number of aliphatic hydroxyl groups excluding tert-OH is 1. The summed E-state index contributed by atoms with van der Waals surface area (Å²) in [6.45, 7) is 2.51. The Kier molecular flexibility index (Phi) is 5.31. The van der Waals surface area contributed by atoms with E-state index >= 15 is 0 Å². The highest BCUT2D eigenvalue weighted by Gasteiger charge is 2.00. The van der Waals surface area contributed by atoms with Crippen molar-refractivity contribution in [3.8, 4) is 0 Å². The molecule has 0 aliphatic carbocycles.